The zero-order valence-corrected chi connectivity index (χ0v) is 16.0. The van der Waals surface area contributed by atoms with Crippen molar-refractivity contribution in [2.75, 3.05) is 5.32 Å². The van der Waals surface area contributed by atoms with E-state index in [-0.39, 0.29) is 5.56 Å². The number of carboxylic acid groups (broad SMARTS) is 1. The van der Waals surface area contributed by atoms with Gasteiger partial charge in [0.05, 0.1) is 0 Å². The van der Waals surface area contributed by atoms with Gasteiger partial charge in [0.25, 0.3) is 0 Å². The highest BCUT2D eigenvalue weighted by Crippen LogP contribution is 2.40. The molecule has 3 aromatic rings. The van der Waals surface area contributed by atoms with Crippen LogP contribution in [-0.2, 0) is 6.54 Å². The number of nitrogens with one attached hydrogen (secondary N) is 1. The lowest BCUT2D eigenvalue weighted by Gasteiger charge is -2.12. The molecule has 4 rings (SSSR count). The summed E-state index contributed by atoms with van der Waals surface area (Å²) in [5.74, 6) is 0.492. The molecule has 0 atom stereocenters. The van der Waals surface area contributed by atoms with Crippen molar-refractivity contribution in [3.05, 3.63) is 53.3 Å². The van der Waals surface area contributed by atoms with E-state index in [0.717, 1.165) is 36.0 Å². The van der Waals surface area contributed by atoms with Crippen LogP contribution in [0.4, 0.5) is 11.5 Å². The molecule has 0 saturated heterocycles. The Labute approximate surface area is 159 Å². The number of hydrogen-bond acceptors (Lipinski definition) is 3. The van der Waals surface area contributed by atoms with Crippen LogP contribution < -0.4 is 5.32 Å². The van der Waals surface area contributed by atoms with E-state index in [2.05, 4.69) is 53.8 Å². The molecule has 5 nitrogen and oxygen atoms in total. The quantitative estimate of drug-likeness (QED) is 0.622. The topological polar surface area (TPSA) is 67.2 Å². The van der Waals surface area contributed by atoms with Crippen LogP contribution in [-0.4, -0.2) is 20.6 Å². The normalized spacial score (nSPS) is 14.1. The number of nitrogens with zero attached hydrogens (tertiary/aromatic N) is 2. The predicted molar refractivity (Wildman–Crippen MR) is 108 cm³/mol. The lowest BCUT2D eigenvalue weighted by Crippen LogP contribution is -2.06. The number of fused-ring (bicyclic) bond motifs is 1. The summed E-state index contributed by atoms with van der Waals surface area (Å²) in [6, 6.07) is 10.1. The van der Waals surface area contributed by atoms with Gasteiger partial charge in [-0.05, 0) is 67.5 Å². The Hall–Kier alpha value is -2.82. The molecule has 2 N–H and O–H groups in total. The molecule has 0 aliphatic heterocycles. The highest BCUT2D eigenvalue weighted by molar-refractivity contribution is 5.95. The molecule has 2 aromatic heterocycles. The minimum atomic E-state index is -0.951. The molecule has 1 aromatic carbocycles. The van der Waals surface area contributed by atoms with Gasteiger partial charge in [-0.2, -0.15) is 0 Å². The van der Waals surface area contributed by atoms with Crippen LogP contribution >= 0.6 is 0 Å². The smallest absolute Gasteiger partial charge is 0.339 e. The van der Waals surface area contributed by atoms with Gasteiger partial charge in [0.2, 0.25) is 0 Å². The SMILES string of the molecule is Cc1cc2cc(Nc3ncc(C4CC4)cc3C(=O)O)ccc2n1CC(C)C. The summed E-state index contributed by atoms with van der Waals surface area (Å²) in [6.45, 7) is 7.53. The lowest BCUT2D eigenvalue weighted by molar-refractivity contribution is 0.0697. The van der Waals surface area contributed by atoms with E-state index >= 15 is 0 Å². The highest BCUT2D eigenvalue weighted by Gasteiger charge is 2.26. The first kappa shape index (κ1) is 17.6. The van der Waals surface area contributed by atoms with Gasteiger partial charge in [0.15, 0.2) is 0 Å². The van der Waals surface area contributed by atoms with Gasteiger partial charge in [0, 0.05) is 35.0 Å². The van der Waals surface area contributed by atoms with Gasteiger partial charge in [-0.1, -0.05) is 13.8 Å². The number of rotatable bonds is 6. The maximum Gasteiger partial charge on any atom is 0.339 e. The minimum Gasteiger partial charge on any atom is -0.478 e. The van der Waals surface area contributed by atoms with Crippen molar-refractivity contribution >= 4 is 28.4 Å². The Morgan fingerprint density at radius 2 is 2.07 bits per heavy atom. The van der Waals surface area contributed by atoms with Gasteiger partial charge < -0.3 is 15.0 Å². The van der Waals surface area contributed by atoms with Gasteiger partial charge in [0.1, 0.15) is 11.4 Å². The van der Waals surface area contributed by atoms with Crippen LogP contribution in [0, 0.1) is 12.8 Å². The second-order valence-electron chi connectivity index (χ2n) is 7.93. The van der Waals surface area contributed by atoms with Crippen molar-refractivity contribution in [3.8, 4) is 0 Å². The van der Waals surface area contributed by atoms with Gasteiger partial charge in [-0.15, -0.1) is 0 Å². The monoisotopic (exact) mass is 363 g/mol. The first-order valence-electron chi connectivity index (χ1n) is 9.52. The third kappa shape index (κ3) is 3.54. The fraction of sp³-hybridized carbons (Fsp3) is 0.364. The molecule has 0 radical (unpaired) electrons. The number of pyridine rings is 1. The van der Waals surface area contributed by atoms with Gasteiger partial charge >= 0.3 is 5.97 Å². The summed E-state index contributed by atoms with van der Waals surface area (Å²) >= 11 is 0. The van der Waals surface area contributed by atoms with E-state index < -0.39 is 5.97 Å². The van der Waals surface area contributed by atoms with Crippen molar-refractivity contribution in [3.63, 3.8) is 0 Å². The zero-order valence-electron chi connectivity index (χ0n) is 16.0. The molecular formula is C22H25N3O2. The molecule has 140 valence electrons. The number of benzene rings is 1. The summed E-state index contributed by atoms with van der Waals surface area (Å²) in [5, 5.41) is 13.9. The Morgan fingerprint density at radius 3 is 2.74 bits per heavy atom. The van der Waals surface area contributed by atoms with Crippen molar-refractivity contribution in [2.45, 2.75) is 46.1 Å². The molecule has 1 aliphatic rings. The minimum absolute atomic E-state index is 0.230. The zero-order chi connectivity index (χ0) is 19.1. The summed E-state index contributed by atoms with van der Waals surface area (Å²) in [5.41, 5.74) is 4.53. The van der Waals surface area contributed by atoms with Crippen molar-refractivity contribution in [2.24, 2.45) is 5.92 Å². The van der Waals surface area contributed by atoms with Crippen LogP contribution in [0.25, 0.3) is 10.9 Å². The van der Waals surface area contributed by atoms with Crippen molar-refractivity contribution in [1.82, 2.24) is 9.55 Å². The molecule has 5 heteroatoms. The highest BCUT2D eigenvalue weighted by atomic mass is 16.4. The Morgan fingerprint density at radius 1 is 1.30 bits per heavy atom. The number of aryl methyl sites for hydroxylation is 1. The van der Waals surface area contributed by atoms with E-state index in [0.29, 0.717) is 17.7 Å². The number of carboxylic acids is 1. The standard InChI is InChI=1S/C22H25N3O2/c1-13(2)12-25-14(3)8-16-9-18(6-7-20(16)25)24-21-19(22(26)27)10-17(11-23-21)15-4-5-15/h6-11,13,15H,4-5,12H2,1-3H3,(H,23,24)(H,26,27). The first-order chi connectivity index (χ1) is 12.9. The Bertz CT molecular complexity index is 1020. The van der Waals surface area contributed by atoms with E-state index in [4.69, 9.17) is 0 Å². The molecule has 0 spiro atoms. The van der Waals surface area contributed by atoms with E-state index in [1.54, 1.807) is 12.3 Å². The summed E-state index contributed by atoms with van der Waals surface area (Å²) < 4.78 is 2.33. The van der Waals surface area contributed by atoms with Crippen LogP contribution in [0.2, 0.25) is 0 Å². The number of hydrogen-bond donors (Lipinski definition) is 2. The molecule has 0 amide bonds. The first-order valence-corrected chi connectivity index (χ1v) is 9.52. The predicted octanol–water partition coefficient (Wildman–Crippen LogP) is 5.32. The molecule has 2 heterocycles. The number of carbonyl (C=O) groups is 1. The molecule has 1 aliphatic carbocycles. The van der Waals surface area contributed by atoms with E-state index in [1.165, 1.54) is 11.2 Å². The fourth-order valence-corrected chi connectivity index (χ4v) is 3.61. The van der Waals surface area contributed by atoms with Crippen molar-refractivity contribution < 1.29 is 9.90 Å². The van der Waals surface area contributed by atoms with Gasteiger partial charge in [-0.3, -0.25) is 0 Å². The Balaban J connectivity index is 1.66. The molecular weight excluding hydrogens is 338 g/mol. The van der Waals surface area contributed by atoms with Crippen LogP contribution in [0.3, 0.4) is 0 Å². The summed E-state index contributed by atoms with van der Waals surface area (Å²) in [7, 11) is 0. The average molecular weight is 363 g/mol. The molecule has 1 fully saturated rings. The van der Waals surface area contributed by atoms with Crippen molar-refractivity contribution in [1.29, 1.82) is 0 Å². The average Bonchev–Trinajstić information content (AvgIpc) is 3.41. The third-order valence-electron chi connectivity index (χ3n) is 5.11. The summed E-state index contributed by atoms with van der Waals surface area (Å²) in [4.78, 5) is 16.1. The number of aromatic nitrogens is 2. The molecule has 27 heavy (non-hydrogen) atoms. The third-order valence-corrected chi connectivity index (χ3v) is 5.11. The van der Waals surface area contributed by atoms with Crippen LogP contribution in [0.1, 0.15) is 54.2 Å². The van der Waals surface area contributed by atoms with Crippen LogP contribution in [0.5, 0.6) is 0 Å². The number of aromatic carboxylic acids is 1. The van der Waals surface area contributed by atoms with E-state index in [9.17, 15) is 9.90 Å². The number of anilines is 2. The van der Waals surface area contributed by atoms with Gasteiger partial charge in [-0.25, -0.2) is 9.78 Å². The summed E-state index contributed by atoms with van der Waals surface area (Å²) in [6.07, 6.45) is 4.04. The second-order valence-corrected chi connectivity index (χ2v) is 7.93. The molecule has 0 unspecified atom stereocenters. The molecule has 0 bridgehead atoms. The second kappa shape index (κ2) is 6.72. The van der Waals surface area contributed by atoms with Crippen LogP contribution in [0.15, 0.2) is 36.5 Å². The largest absolute Gasteiger partial charge is 0.478 e. The molecule has 1 saturated carbocycles. The lowest BCUT2D eigenvalue weighted by atomic mass is 10.1. The fourth-order valence-electron chi connectivity index (χ4n) is 3.61. The maximum atomic E-state index is 11.7. The Kier molecular flexibility index (Phi) is 4.38. The maximum absolute atomic E-state index is 11.7. The van der Waals surface area contributed by atoms with E-state index in [1.807, 2.05) is 6.07 Å².